The zero-order chi connectivity index (χ0) is 18.5. The molecule has 26 heavy (non-hydrogen) atoms. The van der Waals surface area contributed by atoms with E-state index in [4.69, 9.17) is 9.47 Å². The molecule has 3 rings (SSSR count). The number of hydrogen-bond acceptors (Lipinski definition) is 7. The second-order valence-electron chi connectivity index (χ2n) is 5.11. The molecule has 0 amide bonds. The van der Waals surface area contributed by atoms with Gasteiger partial charge in [0.25, 0.3) is 0 Å². The topological polar surface area (TPSA) is 81.2 Å². The van der Waals surface area contributed by atoms with Gasteiger partial charge in [0, 0.05) is 12.1 Å². The third kappa shape index (κ3) is 3.94. The number of aromatic nitrogens is 3. The lowest BCUT2D eigenvalue weighted by Gasteiger charge is -2.12. The number of methoxy groups -OCH3 is 2. The van der Waals surface area contributed by atoms with Crippen LogP contribution in [0.2, 0.25) is 0 Å². The van der Waals surface area contributed by atoms with Gasteiger partial charge in [0.1, 0.15) is 23.1 Å². The summed E-state index contributed by atoms with van der Waals surface area (Å²) in [4.78, 5) is 4.21. The molecule has 0 bridgehead atoms. The predicted molar refractivity (Wildman–Crippen MR) is 92.3 cm³/mol. The summed E-state index contributed by atoms with van der Waals surface area (Å²) in [6.45, 7) is 0. The SMILES string of the molecule is COc1ccc(OC)c(Nc2nncc(Nc3ccc(F)cc3F)n2)c1. The van der Waals surface area contributed by atoms with E-state index in [1.165, 1.54) is 19.4 Å². The molecule has 9 heteroatoms. The number of rotatable bonds is 6. The molecule has 3 aromatic rings. The number of ether oxygens (including phenoxy) is 2. The lowest BCUT2D eigenvalue weighted by Crippen LogP contribution is -2.04. The van der Waals surface area contributed by atoms with Crippen LogP contribution in [0.3, 0.4) is 0 Å². The summed E-state index contributed by atoms with van der Waals surface area (Å²) in [6, 6.07) is 8.37. The van der Waals surface area contributed by atoms with E-state index < -0.39 is 11.6 Å². The van der Waals surface area contributed by atoms with Crippen molar-refractivity contribution in [2.45, 2.75) is 0 Å². The quantitative estimate of drug-likeness (QED) is 0.695. The number of halogens is 2. The van der Waals surface area contributed by atoms with Gasteiger partial charge in [-0.25, -0.2) is 8.78 Å². The Hall–Kier alpha value is -3.49. The van der Waals surface area contributed by atoms with Gasteiger partial charge in [0.15, 0.2) is 5.82 Å². The second-order valence-corrected chi connectivity index (χ2v) is 5.11. The number of nitrogens with one attached hydrogen (secondary N) is 2. The molecule has 2 aromatic carbocycles. The largest absolute Gasteiger partial charge is 0.497 e. The van der Waals surface area contributed by atoms with Crippen LogP contribution < -0.4 is 20.1 Å². The van der Waals surface area contributed by atoms with E-state index in [9.17, 15) is 8.78 Å². The summed E-state index contributed by atoms with van der Waals surface area (Å²) >= 11 is 0. The fourth-order valence-electron chi connectivity index (χ4n) is 2.18. The molecule has 0 radical (unpaired) electrons. The molecule has 0 atom stereocenters. The van der Waals surface area contributed by atoms with Gasteiger partial charge in [-0.3, -0.25) is 0 Å². The van der Waals surface area contributed by atoms with Crippen LogP contribution in [0.4, 0.5) is 31.9 Å². The molecule has 0 spiro atoms. The Labute approximate surface area is 148 Å². The van der Waals surface area contributed by atoms with Crippen LogP contribution in [0, 0.1) is 11.6 Å². The minimum absolute atomic E-state index is 0.0665. The molecule has 1 aromatic heterocycles. The summed E-state index contributed by atoms with van der Waals surface area (Å²) in [5.74, 6) is 0.147. The van der Waals surface area contributed by atoms with Crippen molar-refractivity contribution >= 4 is 23.1 Å². The highest BCUT2D eigenvalue weighted by atomic mass is 19.1. The number of benzene rings is 2. The standard InChI is InChI=1S/C17H15F2N5O2/c1-25-11-4-6-15(26-2)14(8-11)22-17-23-16(9-20-24-17)21-13-5-3-10(18)7-12(13)19/h3-9H,1-2H3,(H2,21,22,23,24). The van der Waals surface area contributed by atoms with Gasteiger partial charge in [-0.2, -0.15) is 10.1 Å². The Bertz CT molecular complexity index is 923. The summed E-state index contributed by atoms with van der Waals surface area (Å²) in [5, 5.41) is 13.4. The molecule has 0 aliphatic rings. The smallest absolute Gasteiger partial charge is 0.249 e. The lowest BCUT2D eigenvalue weighted by atomic mass is 10.2. The molecule has 7 nitrogen and oxygen atoms in total. The van der Waals surface area contributed by atoms with Crippen molar-refractivity contribution in [3.63, 3.8) is 0 Å². The monoisotopic (exact) mass is 359 g/mol. The lowest BCUT2D eigenvalue weighted by molar-refractivity contribution is 0.405. The third-order valence-corrected chi connectivity index (χ3v) is 3.41. The Balaban J connectivity index is 1.84. The van der Waals surface area contributed by atoms with Crippen LogP contribution in [0.25, 0.3) is 0 Å². The molecule has 1 heterocycles. The van der Waals surface area contributed by atoms with Crippen molar-refractivity contribution in [2.75, 3.05) is 24.9 Å². The maximum Gasteiger partial charge on any atom is 0.249 e. The molecular weight excluding hydrogens is 344 g/mol. The highest BCUT2D eigenvalue weighted by Gasteiger charge is 2.10. The maximum absolute atomic E-state index is 13.8. The van der Waals surface area contributed by atoms with Crippen molar-refractivity contribution < 1.29 is 18.3 Å². The van der Waals surface area contributed by atoms with Crippen molar-refractivity contribution in [3.8, 4) is 11.5 Å². The zero-order valence-corrected chi connectivity index (χ0v) is 14.0. The first-order valence-corrected chi connectivity index (χ1v) is 7.50. The fraction of sp³-hybridized carbons (Fsp3) is 0.118. The number of hydrogen-bond donors (Lipinski definition) is 2. The van der Waals surface area contributed by atoms with E-state index in [0.29, 0.717) is 17.2 Å². The van der Waals surface area contributed by atoms with Gasteiger partial charge in [-0.1, -0.05) is 0 Å². The Morgan fingerprint density at radius 2 is 1.77 bits per heavy atom. The van der Waals surface area contributed by atoms with Crippen LogP contribution in [0.1, 0.15) is 0 Å². The molecule has 0 saturated carbocycles. The van der Waals surface area contributed by atoms with Gasteiger partial charge >= 0.3 is 0 Å². The minimum atomic E-state index is -0.743. The van der Waals surface area contributed by atoms with Crippen LogP contribution >= 0.6 is 0 Å². The average molecular weight is 359 g/mol. The molecule has 0 saturated heterocycles. The summed E-state index contributed by atoms with van der Waals surface area (Å²) in [5.41, 5.74) is 0.635. The van der Waals surface area contributed by atoms with Crippen LogP contribution in [-0.4, -0.2) is 29.4 Å². The van der Waals surface area contributed by atoms with E-state index >= 15 is 0 Å². The predicted octanol–water partition coefficient (Wildman–Crippen LogP) is 3.65. The number of nitrogens with zero attached hydrogens (tertiary/aromatic N) is 3. The van der Waals surface area contributed by atoms with Crippen molar-refractivity contribution in [1.29, 1.82) is 0 Å². The minimum Gasteiger partial charge on any atom is -0.497 e. The van der Waals surface area contributed by atoms with E-state index in [2.05, 4.69) is 25.8 Å². The molecule has 134 valence electrons. The van der Waals surface area contributed by atoms with E-state index in [1.807, 2.05) is 0 Å². The fourth-order valence-corrected chi connectivity index (χ4v) is 2.18. The third-order valence-electron chi connectivity index (χ3n) is 3.41. The van der Waals surface area contributed by atoms with Gasteiger partial charge < -0.3 is 20.1 Å². The molecule has 0 fully saturated rings. The molecule has 0 aliphatic heterocycles. The first-order chi connectivity index (χ1) is 12.6. The molecule has 0 unspecified atom stereocenters. The first kappa shape index (κ1) is 17.3. The van der Waals surface area contributed by atoms with Gasteiger partial charge in [-0.05, 0) is 24.3 Å². The maximum atomic E-state index is 13.8. The molecular formula is C17H15F2N5O2. The highest BCUT2D eigenvalue weighted by molar-refractivity contribution is 5.65. The van der Waals surface area contributed by atoms with Crippen LogP contribution in [0.5, 0.6) is 11.5 Å². The van der Waals surface area contributed by atoms with Crippen molar-refractivity contribution in [2.24, 2.45) is 0 Å². The molecule has 0 aliphatic carbocycles. The number of anilines is 4. The Morgan fingerprint density at radius 1 is 0.923 bits per heavy atom. The summed E-state index contributed by atoms with van der Waals surface area (Å²) < 4.78 is 37.2. The van der Waals surface area contributed by atoms with Gasteiger partial charge in [0.05, 0.1) is 31.8 Å². The second kappa shape index (κ2) is 7.60. The Morgan fingerprint density at radius 3 is 2.50 bits per heavy atom. The first-order valence-electron chi connectivity index (χ1n) is 7.50. The van der Waals surface area contributed by atoms with Gasteiger partial charge in [0.2, 0.25) is 5.95 Å². The van der Waals surface area contributed by atoms with Gasteiger partial charge in [-0.15, -0.1) is 5.10 Å². The van der Waals surface area contributed by atoms with Crippen molar-refractivity contribution in [3.05, 3.63) is 54.2 Å². The van der Waals surface area contributed by atoms with E-state index in [1.54, 1.807) is 25.3 Å². The Kier molecular flexibility index (Phi) is 5.07. The summed E-state index contributed by atoms with van der Waals surface area (Å²) in [6.07, 6.45) is 1.32. The highest BCUT2D eigenvalue weighted by Crippen LogP contribution is 2.30. The van der Waals surface area contributed by atoms with E-state index in [0.717, 1.165) is 12.1 Å². The normalized spacial score (nSPS) is 10.3. The van der Waals surface area contributed by atoms with Crippen LogP contribution in [0.15, 0.2) is 42.6 Å². The average Bonchev–Trinajstić information content (AvgIpc) is 2.64. The van der Waals surface area contributed by atoms with Crippen molar-refractivity contribution in [1.82, 2.24) is 15.2 Å². The molecule has 2 N–H and O–H groups in total. The zero-order valence-electron chi connectivity index (χ0n) is 14.0. The van der Waals surface area contributed by atoms with E-state index in [-0.39, 0.29) is 17.5 Å². The summed E-state index contributed by atoms with van der Waals surface area (Å²) in [7, 11) is 3.08. The van der Waals surface area contributed by atoms with Crippen LogP contribution in [-0.2, 0) is 0 Å².